The number of aliphatic carboxylic acids is 1. The van der Waals surface area contributed by atoms with Crippen LogP contribution in [-0.4, -0.2) is 23.7 Å². The van der Waals surface area contributed by atoms with Crippen LogP contribution in [0.5, 0.6) is 0 Å². The van der Waals surface area contributed by atoms with Gasteiger partial charge in [0.2, 0.25) is 0 Å². The van der Waals surface area contributed by atoms with Crippen molar-refractivity contribution in [1.29, 1.82) is 0 Å². The SMILES string of the molecule is CCC(CC)CC(C(=O)O)C(CC(CC)CC)(CC(C)(C)C)C(=O)OCC(C)(C)C. The summed E-state index contributed by atoms with van der Waals surface area (Å²) in [5, 5.41) is 10.4. The minimum atomic E-state index is -1.01. The van der Waals surface area contributed by atoms with E-state index in [1.165, 1.54) is 0 Å². The average Bonchev–Trinajstić information content (AvgIpc) is 2.62. The minimum absolute atomic E-state index is 0.161. The van der Waals surface area contributed by atoms with Gasteiger partial charge in [-0.3, -0.25) is 9.59 Å². The number of ether oxygens (including phenoxy) is 1. The molecule has 0 radical (unpaired) electrons. The molecule has 4 nitrogen and oxygen atoms in total. The first-order valence-corrected chi connectivity index (χ1v) is 12.1. The lowest BCUT2D eigenvalue weighted by Crippen LogP contribution is -2.48. The maximum absolute atomic E-state index is 13.8. The molecule has 2 atom stereocenters. The van der Waals surface area contributed by atoms with E-state index < -0.39 is 17.3 Å². The molecule has 0 rings (SSSR count). The van der Waals surface area contributed by atoms with Crippen LogP contribution in [0.1, 0.15) is 114 Å². The zero-order chi connectivity index (χ0) is 23.8. The van der Waals surface area contributed by atoms with Gasteiger partial charge in [0.25, 0.3) is 0 Å². The molecule has 0 amide bonds. The van der Waals surface area contributed by atoms with Gasteiger partial charge in [0, 0.05) is 0 Å². The third kappa shape index (κ3) is 9.39. The number of hydrogen-bond donors (Lipinski definition) is 1. The zero-order valence-corrected chi connectivity index (χ0v) is 21.6. The fourth-order valence-electron chi connectivity index (χ4n) is 4.62. The molecule has 0 bridgehead atoms. The first kappa shape index (κ1) is 28.9. The third-order valence-electron chi connectivity index (χ3n) is 6.39. The summed E-state index contributed by atoms with van der Waals surface area (Å²) in [5.41, 5.74) is -1.35. The summed E-state index contributed by atoms with van der Waals surface area (Å²) in [5.74, 6) is -1.29. The monoisotopic (exact) mass is 426 g/mol. The summed E-state index contributed by atoms with van der Waals surface area (Å²) >= 11 is 0. The van der Waals surface area contributed by atoms with Crippen LogP contribution in [0.25, 0.3) is 0 Å². The predicted octanol–water partition coefficient (Wildman–Crippen LogP) is 7.35. The smallest absolute Gasteiger partial charge is 0.313 e. The van der Waals surface area contributed by atoms with Crippen LogP contribution in [0.2, 0.25) is 0 Å². The molecule has 0 saturated heterocycles. The fourth-order valence-corrected chi connectivity index (χ4v) is 4.62. The summed E-state index contributed by atoms with van der Waals surface area (Å²) in [6.45, 7) is 21.2. The first-order valence-electron chi connectivity index (χ1n) is 12.1. The second kappa shape index (κ2) is 12.1. The third-order valence-corrected chi connectivity index (χ3v) is 6.39. The number of rotatable bonds is 13. The molecule has 0 aromatic heterocycles. The normalized spacial score (nSPS) is 15.9. The Bertz CT molecular complexity index is 518. The number of hydrogen-bond acceptors (Lipinski definition) is 3. The van der Waals surface area contributed by atoms with Crippen molar-refractivity contribution in [3.05, 3.63) is 0 Å². The summed E-state index contributed by atoms with van der Waals surface area (Å²) in [6, 6.07) is 0. The molecule has 178 valence electrons. The quantitative estimate of drug-likeness (QED) is 0.313. The highest BCUT2D eigenvalue weighted by molar-refractivity contribution is 5.85. The lowest BCUT2D eigenvalue weighted by molar-refractivity contribution is -0.175. The number of esters is 1. The lowest BCUT2D eigenvalue weighted by Gasteiger charge is -2.43. The van der Waals surface area contributed by atoms with Crippen LogP contribution in [0.4, 0.5) is 0 Å². The van der Waals surface area contributed by atoms with Crippen molar-refractivity contribution in [3.8, 4) is 0 Å². The van der Waals surface area contributed by atoms with Crippen molar-refractivity contribution in [2.75, 3.05) is 6.61 Å². The van der Waals surface area contributed by atoms with Gasteiger partial charge in [0.1, 0.15) is 0 Å². The van der Waals surface area contributed by atoms with E-state index in [4.69, 9.17) is 4.74 Å². The highest BCUT2D eigenvalue weighted by Crippen LogP contribution is 2.49. The zero-order valence-electron chi connectivity index (χ0n) is 21.6. The van der Waals surface area contributed by atoms with E-state index in [1.54, 1.807) is 0 Å². The number of carbonyl (C=O) groups is 2. The van der Waals surface area contributed by atoms with Gasteiger partial charge in [0.15, 0.2) is 0 Å². The van der Waals surface area contributed by atoms with Crippen LogP contribution < -0.4 is 0 Å². The van der Waals surface area contributed by atoms with Gasteiger partial charge in [-0.1, -0.05) is 94.9 Å². The topological polar surface area (TPSA) is 63.6 Å². The van der Waals surface area contributed by atoms with Gasteiger partial charge in [-0.05, 0) is 41.9 Å². The van der Waals surface area contributed by atoms with Gasteiger partial charge < -0.3 is 9.84 Å². The molecule has 0 spiro atoms. The Labute approximate surface area is 186 Å². The molecule has 0 heterocycles. The minimum Gasteiger partial charge on any atom is -0.481 e. The first-order chi connectivity index (χ1) is 13.7. The maximum Gasteiger partial charge on any atom is 0.313 e. The molecule has 0 aliphatic rings. The molecule has 1 N–H and O–H groups in total. The van der Waals surface area contributed by atoms with Gasteiger partial charge in [-0.2, -0.15) is 0 Å². The van der Waals surface area contributed by atoms with Crippen molar-refractivity contribution < 1.29 is 19.4 Å². The highest BCUT2D eigenvalue weighted by Gasteiger charge is 2.53. The van der Waals surface area contributed by atoms with Crippen LogP contribution >= 0.6 is 0 Å². The van der Waals surface area contributed by atoms with Gasteiger partial charge >= 0.3 is 11.9 Å². The molecule has 30 heavy (non-hydrogen) atoms. The largest absolute Gasteiger partial charge is 0.481 e. The summed E-state index contributed by atoms with van der Waals surface area (Å²) < 4.78 is 5.89. The van der Waals surface area contributed by atoms with Crippen molar-refractivity contribution in [3.63, 3.8) is 0 Å². The van der Waals surface area contributed by atoms with E-state index in [0.717, 1.165) is 25.7 Å². The average molecular weight is 427 g/mol. The van der Waals surface area contributed by atoms with E-state index >= 15 is 0 Å². The van der Waals surface area contributed by atoms with E-state index in [0.29, 0.717) is 37.7 Å². The Balaban J connectivity index is 6.51. The molecular weight excluding hydrogens is 376 g/mol. The van der Waals surface area contributed by atoms with Crippen molar-refractivity contribution in [2.45, 2.75) is 114 Å². The second-order valence-corrected chi connectivity index (χ2v) is 11.7. The van der Waals surface area contributed by atoms with Crippen LogP contribution in [0, 0.1) is 34.0 Å². The molecule has 0 saturated carbocycles. The van der Waals surface area contributed by atoms with Crippen LogP contribution in [0.3, 0.4) is 0 Å². The van der Waals surface area contributed by atoms with E-state index in [2.05, 4.69) is 48.5 Å². The standard InChI is InChI=1S/C26H50O4/c1-11-19(12-2)15-21(22(27)28)26(17-24(5,6)7,16-20(13-3)14-4)23(29)30-18-25(8,9)10/h19-21H,11-18H2,1-10H3,(H,27,28). The summed E-state index contributed by atoms with van der Waals surface area (Å²) in [6.07, 6.45) is 5.36. The maximum atomic E-state index is 13.8. The summed E-state index contributed by atoms with van der Waals surface area (Å²) in [4.78, 5) is 26.4. The molecular formula is C26H50O4. The Morgan fingerprint density at radius 2 is 1.27 bits per heavy atom. The Hall–Kier alpha value is -1.06. The molecule has 0 aromatic carbocycles. The van der Waals surface area contributed by atoms with E-state index in [-0.39, 0.29) is 16.8 Å². The number of carboxylic acids is 1. The fraction of sp³-hybridized carbons (Fsp3) is 0.923. The Morgan fingerprint density at radius 1 is 0.800 bits per heavy atom. The number of carboxylic acid groups (broad SMARTS) is 1. The van der Waals surface area contributed by atoms with Crippen molar-refractivity contribution in [2.24, 2.45) is 34.0 Å². The number of carbonyl (C=O) groups excluding carboxylic acids is 1. The molecule has 0 aromatic rings. The summed E-state index contributed by atoms with van der Waals surface area (Å²) in [7, 11) is 0. The molecule has 4 heteroatoms. The van der Waals surface area contributed by atoms with Crippen LogP contribution in [-0.2, 0) is 14.3 Å². The molecule has 2 unspecified atom stereocenters. The van der Waals surface area contributed by atoms with Gasteiger partial charge in [-0.15, -0.1) is 0 Å². The lowest BCUT2D eigenvalue weighted by atomic mass is 9.60. The molecule has 0 aliphatic heterocycles. The van der Waals surface area contributed by atoms with E-state index in [9.17, 15) is 14.7 Å². The second-order valence-electron chi connectivity index (χ2n) is 11.7. The van der Waals surface area contributed by atoms with Crippen molar-refractivity contribution in [1.82, 2.24) is 0 Å². The van der Waals surface area contributed by atoms with Crippen LogP contribution in [0.15, 0.2) is 0 Å². The Morgan fingerprint density at radius 3 is 1.60 bits per heavy atom. The van der Waals surface area contributed by atoms with Crippen molar-refractivity contribution >= 4 is 11.9 Å². The predicted molar refractivity (Wildman–Crippen MR) is 125 cm³/mol. The highest BCUT2D eigenvalue weighted by atomic mass is 16.5. The van der Waals surface area contributed by atoms with Gasteiger partial charge in [-0.25, -0.2) is 0 Å². The van der Waals surface area contributed by atoms with E-state index in [1.807, 2.05) is 20.8 Å². The molecule has 0 fully saturated rings. The Kier molecular flexibility index (Phi) is 11.7. The van der Waals surface area contributed by atoms with Gasteiger partial charge in [0.05, 0.1) is 17.9 Å². The molecule has 0 aliphatic carbocycles.